The molecular formula is C15H26N2O3. The van der Waals surface area contributed by atoms with Gasteiger partial charge in [0.15, 0.2) is 0 Å². The second-order valence-electron chi connectivity index (χ2n) is 6.63. The average Bonchev–Trinajstić information content (AvgIpc) is 2.38. The summed E-state index contributed by atoms with van der Waals surface area (Å²) in [6, 6.07) is 0. The number of carbonyl (C=O) groups is 2. The SMILES string of the molecule is CC1CC(C)CN(C(=O)CN2CCC(C(=O)O)CC2)C1. The first-order chi connectivity index (χ1) is 9.45. The highest BCUT2D eigenvalue weighted by Gasteiger charge is 2.29. The van der Waals surface area contributed by atoms with Crippen molar-refractivity contribution in [2.75, 3.05) is 32.7 Å². The van der Waals surface area contributed by atoms with Crippen LogP contribution in [0.25, 0.3) is 0 Å². The predicted octanol–water partition coefficient (Wildman–Crippen LogP) is 1.29. The first kappa shape index (κ1) is 15.3. The lowest BCUT2D eigenvalue weighted by Gasteiger charge is -2.37. The smallest absolute Gasteiger partial charge is 0.306 e. The maximum Gasteiger partial charge on any atom is 0.306 e. The van der Waals surface area contributed by atoms with Crippen molar-refractivity contribution in [2.24, 2.45) is 17.8 Å². The maximum atomic E-state index is 12.3. The van der Waals surface area contributed by atoms with Gasteiger partial charge in [0.1, 0.15) is 0 Å². The molecule has 20 heavy (non-hydrogen) atoms. The lowest BCUT2D eigenvalue weighted by atomic mass is 9.92. The Bertz CT molecular complexity index is 354. The van der Waals surface area contributed by atoms with Gasteiger partial charge in [-0.15, -0.1) is 0 Å². The molecule has 0 saturated carbocycles. The molecule has 2 aliphatic rings. The van der Waals surface area contributed by atoms with Crippen molar-refractivity contribution in [2.45, 2.75) is 33.1 Å². The summed E-state index contributed by atoms with van der Waals surface area (Å²) in [6.45, 7) is 8.04. The third-order valence-electron chi connectivity index (χ3n) is 4.52. The van der Waals surface area contributed by atoms with E-state index in [9.17, 15) is 9.59 Å². The Labute approximate surface area is 120 Å². The van der Waals surface area contributed by atoms with Crippen molar-refractivity contribution < 1.29 is 14.7 Å². The van der Waals surface area contributed by atoms with Crippen molar-refractivity contribution in [1.82, 2.24) is 9.80 Å². The van der Waals surface area contributed by atoms with Gasteiger partial charge < -0.3 is 10.0 Å². The predicted molar refractivity (Wildman–Crippen MR) is 76.3 cm³/mol. The number of hydrogen-bond acceptors (Lipinski definition) is 3. The molecule has 0 aromatic heterocycles. The molecule has 0 spiro atoms. The van der Waals surface area contributed by atoms with Crippen molar-refractivity contribution in [1.29, 1.82) is 0 Å². The van der Waals surface area contributed by atoms with Gasteiger partial charge in [-0.3, -0.25) is 14.5 Å². The van der Waals surface area contributed by atoms with E-state index in [2.05, 4.69) is 18.7 Å². The van der Waals surface area contributed by atoms with Crippen LogP contribution in [0.1, 0.15) is 33.1 Å². The molecule has 2 unspecified atom stereocenters. The summed E-state index contributed by atoms with van der Waals surface area (Å²) in [5, 5.41) is 8.97. The fourth-order valence-corrected chi connectivity index (χ4v) is 3.50. The number of likely N-dealkylation sites (tertiary alicyclic amines) is 2. The largest absolute Gasteiger partial charge is 0.481 e. The molecule has 0 aromatic carbocycles. The maximum absolute atomic E-state index is 12.3. The Balaban J connectivity index is 1.79. The number of carboxylic acid groups (broad SMARTS) is 1. The minimum atomic E-state index is -0.699. The summed E-state index contributed by atoms with van der Waals surface area (Å²) in [4.78, 5) is 27.3. The normalized spacial score (nSPS) is 29.4. The molecule has 2 heterocycles. The molecule has 0 aromatic rings. The highest BCUT2D eigenvalue weighted by molar-refractivity contribution is 5.78. The summed E-state index contributed by atoms with van der Waals surface area (Å²) in [6.07, 6.45) is 2.53. The van der Waals surface area contributed by atoms with Crippen LogP contribution in [-0.4, -0.2) is 59.5 Å². The molecule has 2 saturated heterocycles. The van der Waals surface area contributed by atoms with E-state index in [-0.39, 0.29) is 11.8 Å². The summed E-state index contributed by atoms with van der Waals surface area (Å²) in [5.74, 6) is 0.448. The van der Waals surface area contributed by atoms with E-state index in [1.54, 1.807) is 0 Å². The number of nitrogens with zero attached hydrogens (tertiary/aromatic N) is 2. The molecule has 114 valence electrons. The molecule has 5 heteroatoms. The van der Waals surface area contributed by atoms with Gasteiger partial charge in [-0.25, -0.2) is 0 Å². The lowest BCUT2D eigenvalue weighted by molar-refractivity contribution is -0.143. The third kappa shape index (κ3) is 3.95. The number of aliphatic carboxylic acids is 1. The zero-order valence-electron chi connectivity index (χ0n) is 12.5. The molecule has 1 amide bonds. The van der Waals surface area contributed by atoms with Gasteiger partial charge in [0.2, 0.25) is 5.91 Å². The van der Waals surface area contributed by atoms with E-state index >= 15 is 0 Å². The first-order valence-electron chi connectivity index (χ1n) is 7.68. The topological polar surface area (TPSA) is 60.9 Å². The fraction of sp³-hybridized carbons (Fsp3) is 0.867. The van der Waals surface area contributed by atoms with Gasteiger partial charge in [-0.1, -0.05) is 13.8 Å². The van der Waals surface area contributed by atoms with Crippen molar-refractivity contribution in [3.63, 3.8) is 0 Å². The second-order valence-corrected chi connectivity index (χ2v) is 6.63. The summed E-state index contributed by atoms with van der Waals surface area (Å²) < 4.78 is 0. The summed E-state index contributed by atoms with van der Waals surface area (Å²) >= 11 is 0. The molecular weight excluding hydrogens is 256 g/mol. The van der Waals surface area contributed by atoms with Crippen molar-refractivity contribution in [3.8, 4) is 0 Å². The minimum Gasteiger partial charge on any atom is -0.481 e. The zero-order chi connectivity index (χ0) is 14.7. The Morgan fingerprint density at radius 1 is 1.10 bits per heavy atom. The van der Waals surface area contributed by atoms with Gasteiger partial charge in [-0.2, -0.15) is 0 Å². The number of carbonyl (C=O) groups excluding carboxylic acids is 1. The standard InChI is InChI=1S/C15H26N2O3/c1-11-7-12(2)9-17(8-11)14(18)10-16-5-3-13(4-6-16)15(19)20/h11-13H,3-10H2,1-2H3,(H,19,20). The Morgan fingerprint density at radius 3 is 2.15 bits per heavy atom. The van der Waals surface area contributed by atoms with Gasteiger partial charge in [-0.05, 0) is 44.2 Å². The van der Waals surface area contributed by atoms with E-state index in [1.807, 2.05) is 4.90 Å². The lowest BCUT2D eigenvalue weighted by Crippen LogP contribution is -2.48. The van der Waals surface area contributed by atoms with Crippen LogP contribution in [0.5, 0.6) is 0 Å². The Kier molecular flexibility index (Phi) is 5.02. The van der Waals surface area contributed by atoms with Crippen LogP contribution in [0.4, 0.5) is 0 Å². The van der Waals surface area contributed by atoms with Crippen LogP contribution >= 0.6 is 0 Å². The fourth-order valence-electron chi connectivity index (χ4n) is 3.50. The van der Waals surface area contributed by atoms with Crippen LogP contribution in [0.2, 0.25) is 0 Å². The van der Waals surface area contributed by atoms with Gasteiger partial charge in [0.25, 0.3) is 0 Å². The monoisotopic (exact) mass is 282 g/mol. The van der Waals surface area contributed by atoms with Crippen molar-refractivity contribution >= 4 is 11.9 Å². The quantitative estimate of drug-likeness (QED) is 0.847. The van der Waals surface area contributed by atoms with Gasteiger partial charge in [0, 0.05) is 13.1 Å². The molecule has 2 fully saturated rings. The van der Waals surface area contributed by atoms with E-state index in [4.69, 9.17) is 5.11 Å². The van der Waals surface area contributed by atoms with E-state index in [0.29, 0.717) is 31.2 Å². The zero-order valence-corrected chi connectivity index (χ0v) is 12.5. The molecule has 2 atom stereocenters. The third-order valence-corrected chi connectivity index (χ3v) is 4.52. The van der Waals surface area contributed by atoms with Crippen LogP contribution < -0.4 is 0 Å². The van der Waals surface area contributed by atoms with Crippen LogP contribution in [0.15, 0.2) is 0 Å². The number of hydrogen-bond donors (Lipinski definition) is 1. The second kappa shape index (κ2) is 6.57. The summed E-state index contributed by atoms with van der Waals surface area (Å²) in [7, 11) is 0. The van der Waals surface area contributed by atoms with E-state index in [0.717, 1.165) is 26.2 Å². The number of rotatable bonds is 3. The highest BCUT2D eigenvalue weighted by Crippen LogP contribution is 2.22. The molecule has 2 aliphatic heterocycles. The van der Waals surface area contributed by atoms with Crippen molar-refractivity contribution in [3.05, 3.63) is 0 Å². The number of carboxylic acids is 1. The van der Waals surface area contributed by atoms with Crippen LogP contribution in [0.3, 0.4) is 0 Å². The highest BCUT2D eigenvalue weighted by atomic mass is 16.4. The average molecular weight is 282 g/mol. The first-order valence-corrected chi connectivity index (χ1v) is 7.68. The molecule has 0 aliphatic carbocycles. The van der Waals surface area contributed by atoms with E-state index in [1.165, 1.54) is 6.42 Å². The minimum absolute atomic E-state index is 0.206. The van der Waals surface area contributed by atoms with Gasteiger partial charge >= 0.3 is 5.97 Å². The molecule has 0 radical (unpaired) electrons. The molecule has 5 nitrogen and oxygen atoms in total. The molecule has 1 N–H and O–H groups in total. The molecule has 2 rings (SSSR count). The van der Waals surface area contributed by atoms with Crippen LogP contribution in [0, 0.1) is 17.8 Å². The summed E-state index contributed by atoms with van der Waals surface area (Å²) in [5.41, 5.74) is 0. The number of amides is 1. The Hall–Kier alpha value is -1.10. The van der Waals surface area contributed by atoms with E-state index < -0.39 is 5.97 Å². The van der Waals surface area contributed by atoms with Crippen LogP contribution in [-0.2, 0) is 9.59 Å². The van der Waals surface area contributed by atoms with Gasteiger partial charge in [0.05, 0.1) is 12.5 Å². The number of piperidine rings is 2. The molecule has 0 bridgehead atoms. The Morgan fingerprint density at radius 2 is 1.65 bits per heavy atom.